The minimum atomic E-state index is 0.338. The number of rotatable bonds is 4. The molecule has 4 nitrogen and oxygen atoms in total. The zero-order valence-electron chi connectivity index (χ0n) is 12.2. The number of benzene rings is 1. The van der Waals surface area contributed by atoms with E-state index in [2.05, 4.69) is 28.6 Å². The minimum absolute atomic E-state index is 0.338. The van der Waals surface area contributed by atoms with Crippen molar-refractivity contribution >= 4 is 0 Å². The SMILES string of the molecule is CC1(C)CCc2nnc(CCOc3ccccc3)n2C1. The van der Waals surface area contributed by atoms with E-state index in [-0.39, 0.29) is 0 Å². The highest BCUT2D eigenvalue weighted by atomic mass is 16.5. The molecule has 2 aromatic rings. The third kappa shape index (κ3) is 2.84. The van der Waals surface area contributed by atoms with Gasteiger partial charge in [0.1, 0.15) is 17.4 Å². The summed E-state index contributed by atoms with van der Waals surface area (Å²) in [6.45, 7) is 6.26. The second kappa shape index (κ2) is 5.27. The van der Waals surface area contributed by atoms with Gasteiger partial charge in [-0.1, -0.05) is 32.0 Å². The normalized spacial score (nSPS) is 16.7. The molecule has 0 unspecified atom stereocenters. The number of fused-ring (bicyclic) bond motifs is 1. The van der Waals surface area contributed by atoms with Crippen LogP contribution in [0.15, 0.2) is 30.3 Å². The van der Waals surface area contributed by atoms with Gasteiger partial charge in [-0.05, 0) is 24.0 Å². The first kappa shape index (κ1) is 13.2. The molecule has 0 spiro atoms. The zero-order valence-corrected chi connectivity index (χ0v) is 12.2. The molecular weight excluding hydrogens is 250 g/mol. The predicted octanol–water partition coefficient (Wildman–Crippen LogP) is 2.87. The van der Waals surface area contributed by atoms with Gasteiger partial charge in [0, 0.05) is 19.4 Å². The first-order valence-electron chi connectivity index (χ1n) is 7.23. The molecule has 0 N–H and O–H groups in total. The average molecular weight is 271 g/mol. The summed E-state index contributed by atoms with van der Waals surface area (Å²) >= 11 is 0. The summed E-state index contributed by atoms with van der Waals surface area (Å²) in [6.07, 6.45) is 3.02. The molecule has 4 heteroatoms. The topological polar surface area (TPSA) is 39.9 Å². The van der Waals surface area contributed by atoms with Crippen LogP contribution in [0.2, 0.25) is 0 Å². The minimum Gasteiger partial charge on any atom is -0.493 e. The molecule has 3 rings (SSSR count). The summed E-state index contributed by atoms with van der Waals surface area (Å²) in [6, 6.07) is 9.90. The van der Waals surface area contributed by atoms with Crippen LogP contribution in [0.5, 0.6) is 5.75 Å². The van der Waals surface area contributed by atoms with Crippen molar-refractivity contribution in [3.05, 3.63) is 42.0 Å². The van der Waals surface area contributed by atoms with Crippen molar-refractivity contribution < 1.29 is 4.74 Å². The van der Waals surface area contributed by atoms with Crippen molar-refractivity contribution in [2.45, 2.75) is 39.7 Å². The number of ether oxygens (including phenoxy) is 1. The number of para-hydroxylation sites is 1. The van der Waals surface area contributed by atoms with E-state index in [0.717, 1.165) is 36.8 Å². The van der Waals surface area contributed by atoms with Crippen LogP contribution in [0, 0.1) is 5.41 Å². The monoisotopic (exact) mass is 271 g/mol. The molecular formula is C16H21N3O. The number of nitrogens with zero attached hydrogens (tertiary/aromatic N) is 3. The van der Waals surface area contributed by atoms with Gasteiger partial charge < -0.3 is 9.30 Å². The molecule has 0 aliphatic carbocycles. The molecule has 2 heterocycles. The predicted molar refractivity (Wildman–Crippen MR) is 77.8 cm³/mol. The third-order valence-corrected chi connectivity index (χ3v) is 3.85. The Morgan fingerprint density at radius 2 is 2.00 bits per heavy atom. The van der Waals surface area contributed by atoms with Crippen LogP contribution < -0.4 is 4.74 Å². The van der Waals surface area contributed by atoms with E-state index >= 15 is 0 Å². The average Bonchev–Trinajstić information content (AvgIpc) is 2.81. The lowest BCUT2D eigenvalue weighted by atomic mass is 9.85. The van der Waals surface area contributed by atoms with Gasteiger partial charge >= 0.3 is 0 Å². The molecule has 1 aliphatic rings. The van der Waals surface area contributed by atoms with Gasteiger partial charge in [0.2, 0.25) is 0 Å². The number of hydrogen-bond donors (Lipinski definition) is 0. The standard InChI is InChI=1S/C16H21N3O/c1-16(2)10-8-14-17-18-15(19(14)12-16)9-11-20-13-6-4-3-5-7-13/h3-7H,8-12H2,1-2H3. The molecule has 0 bridgehead atoms. The lowest BCUT2D eigenvalue weighted by Gasteiger charge is -2.30. The zero-order chi connectivity index (χ0) is 14.0. The van der Waals surface area contributed by atoms with E-state index in [0.29, 0.717) is 12.0 Å². The molecule has 20 heavy (non-hydrogen) atoms. The van der Waals surface area contributed by atoms with Gasteiger partial charge in [0.25, 0.3) is 0 Å². The maximum atomic E-state index is 5.74. The van der Waals surface area contributed by atoms with E-state index < -0.39 is 0 Å². The molecule has 0 fully saturated rings. The van der Waals surface area contributed by atoms with E-state index in [1.54, 1.807) is 0 Å². The van der Waals surface area contributed by atoms with Crippen LogP contribution in [0.1, 0.15) is 31.9 Å². The number of aromatic nitrogens is 3. The highest BCUT2D eigenvalue weighted by molar-refractivity contribution is 5.20. The lowest BCUT2D eigenvalue weighted by molar-refractivity contribution is 0.240. The van der Waals surface area contributed by atoms with Crippen molar-refractivity contribution in [3.8, 4) is 5.75 Å². The van der Waals surface area contributed by atoms with Crippen molar-refractivity contribution in [3.63, 3.8) is 0 Å². The Labute approximate surface area is 119 Å². The highest BCUT2D eigenvalue weighted by Crippen LogP contribution is 2.30. The maximum Gasteiger partial charge on any atom is 0.136 e. The molecule has 0 atom stereocenters. The van der Waals surface area contributed by atoms with Gasteiger partial charge in [-0.2, -0.15) is 0 Å². The van der Waals surface area contributed by atoms with Gasteiger partial charge in [0.15, 0.2) is 0 Å². The summed E-state index contributed by atoms with van der Waals surface area (Å²) in [7, 11) is 0. The van der Waals surface area contributed by atoms with E-state index in [1.807, 2.05) is 30.3 Å². The fourth-order valence-corrected chi connectivity index (χ4v) is 2.66. The Bertz CT molecular complexity index is 575. The van der Waals surface area contributed by atoms with Crippen LogP contribution in [0.3, 0.4) is 0 Å². The van der Waals surface area contributed by atoms with Crippen LogP contribution >= 0.6 is 0 Å². The van der Waals surface area contributed by atoms with Gasteiger partial charge in [-0.25, -0.2) is 0 Å². The second-order valence-electron chi connectivity index (χ2n) is 6.19. The summed E-state index contributed by atoms with van der Waals surface area (Å²) < 4.78 is 8.02. The summed E-state index contributed by atoms with van der Waals surface area (Å²) in [5.41, 5.74) is 0.338. The molecule has 0 amide bonds. The van der Waals surface area contributed by atoms with Crippen LogP contribution in [0.4, 0.5) is 0 Å². The Balaban J connectivity index is 1.63. The first-order chi connectivity index (χ1) is 9.64. The van der Waals surface area contributed by atoms with Gasteiger partial charge in [-0.3, -0.25) is 0 Å². The van der Waals surface area contributed by atoms with Crippen molar-refractivity contribution in [2.24, 2.45) is 5.41 Å². The third-order valence-electron chi connectivity index (χ3n) is 3.85. The van der Waals surface area contributed by atoms with Gasteiger partial charge in [0.05, 0.1) is 6.61 Å². The molecule has 0 saturated carbocycles. The van der Waals surface area contributed by atoms with Gasteiger partial charge in [-0.15, -0.1) is 10.2 Å². The maximum absolute atomic E-state index is 5.74. The molecule has 0 saturated heterocycles. The smallest absolute Gasteiger partial charge is 0.136 e. The van der Waals surface area contributed by atoms with Crippen molar-refractivity contribution in [1.82, 2.24) is 14.8 Å². The first-order valence-corrected chi connectivity index (χ1v) is 7.23. The van der Waals surface area contributed by atoms with Crippen molar-refractivity contribution in [2.75, 3.05) is 6.61 Å². The molecule has 1 aliphatic heterocycles. The number of aryl methyl sites for hydroxylation is 1. The van der Waals surface area contributed by atoms with Crippen LogP contribution in [-0.4, -0.2) is 21.4 Å². The lowest BCUT2D eigenvalue weighted by Crippen LogP contribution is -2.28. The molecule has 0 radical (unpaired) electrons. The second-order valence-corrected chi connectivity index (χ2v) is 6.19. The Kier molecular flexibility index (Phi) is 3.47. The van der Waals surface area contributed by atoms with Crippen LogP contribution in [0.25, 0.3) is 0 Å². The van der Waals surface area contributed by atoms with E-state index in [9.17, 15) is 0 Å². The summed E-state index contributed by atoms with van der Waals surface area (Å²) in [5, 5.41) is 8.63. The van der Waals surface area contributed by atoms with Crippen molar-refractivity contribution in [1.29, 1.82) is 0 Å². The number of hydrogen-bond acceptors (Lipinski definition) is 3. The van der Waals surface area contributed by atoms with E-state index in [1.165, 1.54) is 6.42 Å². The fraction of sp³-hybridized carbons (Fsp3) is 0.500. The largest absolute Gasteiger partial charge is 0.493 e. The van der Waals surface area contributed by atoms with Crippen LogP contribution in [-0.2, 0) is 19.4 Å². The summed E-state index contributed by atoms with van der Waals surface area (Å²) in [4.78, 5) is 0. The highest BCUT2D eigenvalue weighted by Gasteiger charge is 2.28. The Hall–Kier alpha value is -1.84. The summed E-state index contributed by atoms with van der Waals surface area (Å²) in [5.74, 6) is 3.08. The molecule has 106 valence electrons. The Morgan fingerprint density at radius 3 is 2.80 bits per heavy atom. The fourth-order valence-electron chi connectivity index (χ4n) is 2.66. The molecule has 1 aromatic carbocycles. The Morgan fingerprint density at radius 1 is 1.20 bits per heavy atom. The van der Waals surface area contributed by atoms with E-state index in [4.69, 9.17) is 4.74 Å². The quantitative estimate of drug-likeness (QED) is 0.858. The molecule has 1 aromatic heterocycles.